The van der Waals surface area contributed by atoms with Gasteiger partial charge in [-0.3, -0.25) is 0 Å². The Hall–Kier alpha value is -0.540. The molecular weight excluding hydrogens is 278 g/mol. The van der Waals surface area contributed by atoms with E-state index in [1.54, 1.807) is 0 Å². The second kappa shape index (κ2) is 4.99. The SMILES string of the molecule is CC(C)(N)c1cc(Br)cc(OCC2CCC2)c1. The first kappa shape index (κ1) is 12.9. The summed E-state index contributed by atoms with van der Waals surface area (Å²) >= 11 is 3.51. The maximum absolute atomic E-state index is 6.11. The third-order valence-electron chi connectivity index (χ3n) is 3.33. The molecule has 0 heterocycles. The van der Waals surface area contributed by atoms with Crippen molar-refractivity contribution < 1.29 is 4.74 Å². The molecule has 0 aliphatic heterocycles. The Bertz CT molecular complexity index is 394. The van der Waals surface area contributed by atoms with E-state index in [0.29, 0.717) is 0 Å². The lowest BCUT2D eigenvalue weighted by atomic mass is 9.86. The molecule has 1 fully saturated rings. The lowest BCUT2D eigenvalue weighted by Crippen LogP contribution is -2.28. The highest BCUT2D eigenvalue weighted by molar-refractivity contribution is 9.10. The molecule has 0 saturated heterocycles. The summed E-state index contributed by atoms with van der Waals surface area (Å²) < 4.78 is 6.87. The van der Waals surface area contributed by atoms with Crippen LogP contribution in [0, 0.1) is 5.92 Å². The summed E-state index contributed by atoms with van der Waals surface area (Å²) in [6.45, 7) is 4.84. The molecule has 2 rings (SSSR count). The minimum absolute atomic E-state index is 0.335. The normalized spacial score (nSPS) is 16.7. The Labute approximate surface area is 112 Å². The van der Waals surface area contributed by atoms with Gasteiger partial charge in [0, 0.05) is 10.0 Å². The van der Waals surface area contributed by atoms with E-state index < -0.39 is 0 Å². The molecule has 1 aliphatic rings. The summed E-state index contributed by atoms with van der Waals surface area (Å²) in [7, 11) is 0. The van der Waals surface area contributed by atoms with Crippen LogP contribution < -0.4 is 10.5 Å². The van der Waals surface area contributed by atoms with E-state index in [1.165, 1.54) is 19.3 Å². The lowest BCUT2D eigenvalue weighted by Gasteiger charge is -2.26. The first-order valence-electron chi connectivity index (χ1n) is 6.18. The Morgan fingerprint density at radius 3 is 2.59 bits per heavy atom. The van der Waals surface area contributed by atoms with Crippen molar-refractivity contribution in [2.45, 2.75) is 38.6 Å². The highest BCUT2D eigenvalue weighted by Crippen LogP contribution is 2.30. The standard InChI is InChI=1S/C14H20BrNO/c1-14(2,16)11-6-12(15)8-13(7-11)17-9-10-4-3-5-10/h6-8,10H,3-5,9,16H2,1-2H3. The van der Waals surface area contributed by atoms with Crippen LogP contribution in [-0.4, -0.2) is 6.61 Å². The Morgan fingerprint density at radius 1 is 1.35 bits per heavy atom. The van der Waals surface area contributed by atoms with Gasteiger partial charge < -0.3 is 10.5 Å². The maximum atomic E-state index is 6.11. The molecule has 2 nitrogen and oxygen atoms in total. The molecule has 94 valence electrons. The van der Waals surface area contributed by atoms with Gasteiger partial charge in [0.1, 0.15) is 5.75 Å². The molecule has 1 aromatic carbocycles. The Kier molecular flexibility index (Phi) is 3.79. The summed E-state index contributed by atoms with van der Waals surface area (Å²) in [4.78, 5) is 0. The van der Waals surface area contributed by atoms with Crippen LogP contribution in [0.1, 0.15) is 38.7 Å². The summed E-state index contributed by atoms with van der Waals surface area (Å²) in [5.41, 5.74) is 6.87. The predicted molar refractivity (Wildman–Crippen MR) is 74.2 cm³/mol. The van der Waals surface area contributed by atoms with E-state index in [2.05, 4.69) is 22.0 Å². The van der Waals surface area contributed by atoms with Crippen molar-refractivity contribution in [1.29, 1.82) is 0 Å². The zero-order chi connectivity index (χ0) is 12.5. The molecule has 3 heteroatoms. The van der Waals surface area contributed by atoms with Gasteiger partial charge in [0.25, 0.3) is 0 Å². The molecule has 1 aliphatic carbocycles. The smallest absolute Gasteiger partial charge is 0.120 e. The molecule has 2 N–H and O–H groups in total. The third-order valence-corrected chi connectivity index (χ3v) is 3.78. The third kappa shape index (κ3) is 3.46. The van der Waals surface area contributed by atoms with Gasteiger partial charge in [0.05, 0.1) is 6.61 Å². The van der Waals surface area contributed by atoms with Crippen molar-refractivity contribution in [3.05, 3.63) is 28.2 Å². The van der Waals surface area contributed by atoms with Crippen LogP contribution in [0.5, 0.6) is 5.75 Å². The van der Waals surface area contributed by atoms with Gasteiger partial charge in [0.2, 0.25) is 0 Å². The highest BCUT2D eigenvalue weighted by atomic mass is 79.9. The van der Waals surface area contributed by atoms with Crippen molar-refractivity contribution in [3.8, 4) is 5.75 Å². The van der Waals surface area contributed by atoms with Crippen molar-refractivity contribution in [1.82, 2.24) is 0 Å². The molecule has 0 spiro atoms. The van der Waals surface area contributed by atoms with Crippen LogP contribution in [0.2, 0.25) is 0 Å². The number of hydrogen-bond donors (Lipinski definition) is 1. The van der Waals surface area contributed by atoms with Gasteiger partial charge >= 0.3 is 0 Å². The quantitative estimate of drug-likeness (QED) is 0.917. The molecule has 1 aromatic rings. The van der Waals surface area contributed by atoms with E-state index in [-0.39, 0.29) is 5.54 Å². The number of halogens is 1. The van der Waals surface area contributed by atoms with Crippen LogP contribution >= 0.6 is 15.9 Å². The molecular formula is C14H20BrNO. The van der Waals surface area contributed by atoms with Crippen LogP contribution in [-0.2, 0) is 5.54 Å². The fourth-order valence-electron chi connectivity index (χ4n) is 1.89. The average molecular weight is 298 g/mol. The van der Waals surface area contributed by atoms with Gasteiger partial charge in [-0.1, -0.05) is 22.4 Å². The van der Waals surface area contributed by atoms with Gasteiger partial charge in [-0.15, -0.1) is 0 Å². The van der Waals surface area contributed by atoms with Gasteiger partial charge in [-0.2, -0.15) is 0 Å². The van der Waals surface area contributed by atoms with Gasteiger partial charge in [-0.25, -0.2) is 0 Å². The highest BCUT2D eigenvalue weighted by Gasteiger charge is 2.19. The lowest BCUT2D eigenvalue weighted by molar-refractivity contribution is 0.180. The average Bonchev–Trinajstić information content (AvgIpc) is 2.13. The van der Waals surface area contributed by atoms with E-state index >= 15 is 0 Å². The van der Waals surface area contributed by atoms with E-state index in [9.17, 15) is 0 Å². The summed E-state index contributed by atoms with van der Waals surface area (Å²) in [5.74, 6) is 1.67. The molecule has 0 radical (unpaired) electrons. The van der Waals surface area contributed by atoms with Crippen LogP contribution in [0.3, 0.4) is 0 Å². The monoisotopic (exact) mass is 297 g/mol. The van der Waals surface area contributed by atoms with Gasteiger partial charge in [0.15, 0.2) is 0 Å². The molecule has 17 heavy (non-hydrogen) atoms. The first-order chi connectivity index (χ1) is 7.95. The zero-order valence-corrected chi connectivity index (χ0v) is 12.1. The molecule has 0 amide bonds. The number of hydrogen-bond acceptors (Lipinski definition) is 2. The number of rotatable bonds is 4. The molecule has 0 unspecified atom stereocenters. The Balaban J connectivity index is 2.08. The first-order valence-corrected chi connectivity index (χ1v) is 6.97. The topological polar surface area (TPSA) is 35.2 Å². The Morgan fingerprint density at radius 2 is 2.06 bits per heavy atom. The van der Waals surface area contributed by atoms with Crippen molar-refractivity contribution in [2.75, 3.05) is 6.61 Å². The predicted octanol–water partition coefficient (Wildman–Crippen LogP) is 3.82. The van der Waals surface area contributed by atoms with E-state index in [4.69, 9.17) is 10.5 Å². The molecule has 1 saturated carbocycles. The number of ether oxygens (including phenoxy) is 1. The molecule has 0 aromatic heterocycles. The van der Waals surface area contributed by atoms with Crippen molar-refractivity contribution in [2.24, 2.45) is 11.7 Å². The maximum Gasteiger partial charge on any atom is 0.120 e. The molecule has 0 bridgehead atoms. The van der Waals surface area contributed by atoms with Gasteiger partial charge in [-0.05, 0) is 56.4 Å². The second-order valence-electron chi connectivity index (χ2n) is 5.51. The van der Waals surface area contributed by atoms with Crippen LogP contribution in [0.15, 0.2) is 22.7 Å². The van der Waals surface area contributed by atoms with Crippen LogP contribution in [0.25, 0.3) is 0 Å². The zero-order valence-electron chi connectivity index (χ0n) is 10.5. The fourth-order valence-corrected chi connectivity index (χ4v) is 2.36. The number of benzene rings is 1. The second-order valence-corrected chi connectivity index (χ2v) is 6.42. The summed E-state index contributed by atoms with van der Waals surface area (Å²) in [5, 5.41) is 0. The fraction of sp³-hybridized carbons (Fsp3) is 0.571. The summed E-state index contributed by atoms with van der Waals surface area (Å²) in [6, 6.07) is 6.10. The molecule has 0 atom stereocenters. The number of nitrogens with two attached hydrogens (primary N) is 1. The van der Waals surface area contributed by atoms with E-state index in [1.807, 2.05) is 26.0 Å². The van der Waals surface area contributed by atoms with Crippen LogP contribution in [0.4, 0.5) is 0 Å². The minimum Gasteiger partial charge on any atom is -0.493 e. The summed E-state index contributed by atoms with van der Waals surface area (Å²) in [6.07, 6.45) is 3.97. The van der Waals surface area contributed by atoms with Crippen molar-refractivity contribution >= 4 is 15.9 Å². The largest absolute Gasteiger partial charge is 0.493 e. The van der Waals surface area contributed by atoms with E-state index in [0.717, 1.165) is 28.3 Å². The minimum atomic E-state index is -0.335. The van der Waals surface area contributed by atoms with Crippen molar-refractivity contribution in [3.63, 3.8) is 0 Å².